The summed E-state index contributed by atoms with van der Waals surface area (Å²) in [4.78, 5) is 16.4. The first-order chi connectivity index (χ1) is 11.6. The van der Waals surface area contributed by atoms with Crippen molar-refractivity contribution >= 4 is 5.91 Å². The highest BCUT2D eigenvalue weighted by Crippen LogP contribution is 2.35. The molecule has 2 aliphatic heterocycles. The third-order valence-corrected chi connectivity index (χ3v) is 4.83. The molecule has 6 nitrogen and oxygen atoms in total. The van der Waals surface area contributed by atoms with E-state index < -0.39 is 6.43 Å². The number of carbonyl (C=O) groups excluding carboxylic acids is 1. The average molecular weight is 342 g/mol. The summed E-state index contributed by atoms with van der Waals surface area (Å²) in [6.45, 7) is 5.08. The van der Waals surface area contributed by atoms with Crippen molar-refractivity contribution in [2.45, 2.75) is 32.4 Å². The molecule has 2 saturated heterocycles. The lowest BCUT2D eigenvalue weighted by molar-refractivity contribution is -0.139. The summed E-state index contributed by atoms with van der Waals surface area (Å²) in [7, 11) is 0. The molecule has 0 spiro atoms. The van der Waals surface area contributed by atoms with E-state index in [9.17, 15) is 13.6 Å². The Morgan fingerprint density at radius 1 is 1.38 bits per heavy atom. The van der Waals surface area contributed by atoms with Gasteiger partial charge in [0.1, 0.15) is 6.10 Å². The van der Waals surface area contributed by atoms with Gasteiger partial charge in [0.25, 0.3) is 6.43 Å². The van der Waals surface area contributed by atoms with Crippen LogP contribution in [0.15, 0.2) is 12.3 Å². The number of carbonyl (C=O) groups is 1. The van der Waals surface area contributed by atoms with Gasteiger partial charge in [-0.2, -0.15) is 5.10 Å². The maximum Gasteiger partial charge on any atom is 0.251 e. The van der Waals surface area contributed by atoms with Crippen LogP contribution in [-0.4, -0.2) is 71.2 Å². The number of ether oxygens (including phenoxy) is 1. The van der Waals surface area contributed by atoms with E-state index in [2.05, 4.69) is 5.10 Å². The van der Waals surface area contributed by atoms with Gasteiger partial charge in [-0.3, -0.25) is 14.4 Å². The number of hydrogen-bond acceptors (Lipinski definition) is 4. The highest BCUT2D eigenvalue weighted by atomic mass is 19.3. The normalized spacial score (nSPS) is 25.6. The molecule has 134 valence electrons. The minimum Gasteiger partial charge on any atom is -0.371 e. The van der Waals surface area contributed by atoms with Gasteiger partial charge in [0.15, 0.2) is 0 Å². The number of aromatic nitrogens is 2. The second-order valence-corrected chi connectivity index (χ2v) is 6.28. The third kappa shape index (κ3) is 3.59. The monoisotopic (exact) mass is 342 g/mol. The Morgan fingerprint density at radius 3 is 2.79 bits per heavy atom. The number of alkyl halides is 2. The second-order valence-electron chi connectivity index (χ2n) is 6.28. The van der Waals surface area contributed by atoms with E-state index in [0.717, 1.165) is 12.2 Å². The summed E-state index contributed by atoms with van der Waals surface area (Å²) < 4.78 is 32.6. The predicted octanol–water partition coefficient (Wildman–Crippen LogP) is 1.39. The zero-order valence-corrected chi connectivity index (χ0v) is 13.9. The molecule has 0 radical (unpaired) electrons. The van der Waals surface area contributed by atoms with Crippen LogP contribution in [0.3, 0.4) is 0 Å². The zero-order valence-electron chi connectivity index (χ0n) is 13.9. The van der Waals surface area contributed by atoms with Crippen LogP contribution in [-0.2, 0) is 16.1 Å². The molecule has 0 saturated carbocycles. The van der Waals surface area contributed by atoms with E-state index >= 15 is 0 Å². The summed E-state index contributed by atoms with van der Waals surface area (Å²) in [5.74, 6) is -0.147. The quantitative estimate of drug-likeness (QED) is 0.811. The number of hydrogen-bond donors (Lipinski definition) is 0. The molecule has 2 aliphatic rings. The summed E-state index contributed by atoms with van der Waals surface area (Å²) >= 11 is 0. The third-order valence-electron chi connectivity index (χ3n) is 4.83. The van der Waals surface area contributed by atoms with Gasteiger partial charge in [-0.1, -0.05) is 0 Å². The molecule has 3 rings (SSSR count). The van der Waals surface area contributed by atoms with E-state index in [0.29, 0.717) is 39.2 Å². The van der Waals surface area contributed by atoms with E-state index in [1.807, 2.05) is 17.7 Å². The van der Waals surface area contributed by atoms with Crippen LogP contribution in [0.5, 0.6) is 0 Å². The molecule has 8 heteroatoms. The first-order valence-corrected chi connectivity index (χ1v) is 8.52. The van der Waals surface area contributed by atoms with Gasteiger partial charge in [-0.05, 0) is 19.4 Å². The molecule has 0 N–H and O–H groups in total. The fraction of sp³-hybridized carbons (Fsp3) is 0.750. The first-order valence-electron chi connectivity index (χ1n) is 8.52. The molecule has 24 heavy (non-hydrogen) atoms. The van der Waals surface area contributed by atoms with Crippen molar-refractivity contribution in [2.75, 3.05) is 39.3 Å². The van der Waals surface area contributed by atoms with Crippen molar-refractivity contribution in [1.82, 2.24) is 19.6 Å². The van der Waals surface area contributed by atoms with Crippen LogP contribution < -0.4 is 0 Å². The zero-order chi connectivity index (χ0) is 17.1. The maximum atomic E-state index is 12.9. The number of aryl methyl sites for hydroxylation is 1. The Morgan fingerprint density at radius 2 is 2.12 bits per heavy atom. The summed E-state index contributed by atoms with van der Waals surface area (Å²) in [6, 6.07) is 1.90. The van der Waals surface area contributed by atoms with Crippen molar-refractivity contribution in [3.63, 3.8) is 0 Å². The van der Waals surface area contributed by atoms with Crippen molar-refractivity contribution in [1.29, 1.82) is 0 Å². The van der Waals surface area contributed by atoms with Gasteiger partial charge in [-0.15, -0.1) is 0 Å². The van der Waals surface area contributed by atoms with Gasteiger partial charge in [-0.25, -0.2) is 8.78 Å². The topological polar surface area (TPSA) is 50.6 Å². The van der Waals surface area contributed by atoms with Crippen LogP contribution in [0.1, 0.15) is 25.1 Å². The van der Waals surface area contributed by atoms with E-state index in [1.54, 1.807) is 16.0 Å². The molecule has 1 aromatic heterocycles. The first kappa shape index (κ1) is 17.3. The highest BCUT2D eigenvalue weighted by molar-refractivity contribution is 5.80. The van der Waals surface area contributed by atoms with Gasteiger partial charge in [0, 0.05) is 45.5 Å². The second kappa shape index (κ2) is 7.57. The molecule has 0 aromatic carbocycles. The average Bonchev–Trinajstić information content (AvgIpc) is 3.22. The molecular weight excluding hydrogens is 318 g/mol. The van der Waals surface area contributed by atoms with Crippen LogP contribution >= 0.6 is 0 Å². The smallest absolute Gasteiger partial charge is 0.251 e. The Labute approximate surface area is 140 Å². The van der Waals surface area contributed by atoms with Gasteiger partial charge in [0.2, 0.25) is 5.91 Å². The SMILES string of the molecule is CCn1nccc1[C@@H]1OCC[C@H]1C(=O)N1CCN(CC(F)F)CC1. The molecule has 3 heterocycles. The number of nitrogens with zero attached hydrogens (tertiary/aromatic N) is 4. The number of rotatable bonds is 5. The predicted molar refractivity (Wildman–Crippen MR) is 83.7 cm³/mol. The maximum absolute atomic E-state index is 12.9. The Kier molecular flexibility index (Phi) is 5.45. The molecule has 2 fully saturated rings. The molecular formula is C16H24F2N4O2. The minimum atomic E-state index is -2.32. The standard InChI is InChI=1S/C16H24F2N4O2/c1-2-22-13(3-5-19-22)15-12(4-10-24-15)16(23)21-8-6-20(7-9-21)11-14(17)18/h3,5,12,14-15H,2,4,6-11H2,1H3/t12-,15-/m1/s1. The fourth-order valence-corrected chi connectivity index (χ4v) is 3.56. The van der Waals surface area contributed by atoms with Crippen molar-refractivity contribution in [3.8, 4) is 0 Å². The number of amides is 1. The molecule has 1 amide bonds. The molecule has 0 unspecified atom stereocenters. The summed E-state index contributed by atoms with van der Waals surface area (Å²) in [6.07, 6.45) is -0.172. The van der Waals surface area contributed by atoms with E-state index in [-0.39, 0.29) is 24.5 Å². The highest BCUT2D eigenvalue weighted by Gasteiger charge is 2.39. The summed E-state index contributed by atoms with van der Waals surface area (Å²) in [5.41, 5.74) is 0.935. The molecule has 1 aromatic rings. The lowest BCUT2D eigenvalue weighted by atomic mass is 9.96. The van der Waals surface area contributed by atoms with Crippen molar-refractivity contribution in [2.24, 2.45) is 5.92 Å². The summed E-state index contributed by atoms with van der Waals surface area (Å²) in [5, 5.41) is 4.26. The Balaban J connectivity index is 1.62. The lowest BCUT2D eigenvalue weighted by Gasteiger charge is -2.36. The Hall–Kier alpha value is -1.54. The number of halogens is 2. The Bertz CT molecular complexity index is 558. The largest absolute Gasteiger partial charge is 0.371 e. The molecule has 0 aliphatic carbocycles. The van der Waals surface area contributed by atoms with Crippen LogP contribution in [0.25, 0.3) is 0 Å². The van der Waals surface area contributed by atoms with Crippen LogP contribution in [0, 0.1) is 5.92 Å². The van der Waals surface area contributed by atoms with Crippen LogP contribution in [0.4, 0.5) is 8.78 Å². The minimum absolute atomic E-state index is 0.0676. The van der Waals surface area contributed by atoms with Crippen LogP contribution in [0.2, 0.25) is 0 Å². The fourth-order valence-electron chi connectivity index (χ4n) is 3.56. The van der Waals surface area contributed by atoms with Crippen molar-refractivity contribution in [3.05, 3.63) is 18.0 Å². The van der Waals surface area contributed by atoms with E-state index in [4.69, 9.17) is 4.74 Å². The van der Waals surface area contributed by atoms with Gasteiger partial charge < -0.3 is 9.64 Å². The number of piperazine rings is 1. The molecule has 0 bridgehead atoms. The molecule has 2 atom stereocenters. The lowest BCUT2D eigenvalue weighted by Crippen LogP contribution is -2.51. The van der Waals surface area contributed by atoms with E-state index in [1.165, 1.54) is 0 Å². The van der Waals surface area contributed by atoms with Gasteiger partial charge in [0.05, 0.1) is 18.2 Å². The van der Waals surface area contributed by atoms with Gasteiger partial charge >= 0.3 is 0 Å². The van der Waals surface area contributed by atoms with Crippen molar-refractivity contribution < 1.29 is 18.3 Å².